The number of imide groups is 1. The first-order chi connectivity index (χ1) is 12.8. The zero-order chi connectivity index (χ0) is 20.1. The Morgan fingerprint density at radius 1 is 1.30 bits per heavy atom. The summed E-state index contributed by atoms with van der Waals surface area (Å²) in [5, 5.41) is -0.512. The zero-order valence-corrected chi connectivity index (χ0v) is 17.8. The number of thioether (sulfide) groups is 1. The van der Waals surface area contributed by atoms with Crippen LogP contribution >= 0.6 is 27.7 Å². The molecule has 1 aliphatic rings. The molecule has 9 heteroatoms. The molecule has 0 unspecified atom stereocenters. The number of benzene rings is 1. The highest BCUT2D eigenvalue weighted by Gasteiger charge is 2.37. The molecule has 1 saturated heterocycles. The van der Waals surface area contributed by atoms with Crippen molar-refractivity contribution in [1.82, 2.24) is 4.90 Å². The monoisotopic (exact) mass is 457 g/mol. The average molecular weight is 458 g/mol. The molecule has 0 aromatic heterocycles. The normalized spacial score (nSPS) is 15.6. The van der Waals surface area contributed by atoms with Crippen LogP contribution in [0.25, 0.3) is 6.08 Å². The van der Waals surface area contributed by atoms with Crippen molar-refractivity contribution < 1.29 is 28.6 Å². The van der Waals surface area contributed by atoms with E-state index in [0.29, 0.717) is 28.1 Å². The van der Waals surface area contributed by atoms with E-state index in [1.54, 1.807) is 32.1 Å². The molecule has 1 aromatic rings. The maximum absolute atomic E-state index is 12.5. The number of ether oxygens (including phenoxy) is 3. The van der Waals surface area contributed by atoms with Gasteiger partial charge in [0.2, 0.25) is 0 Å². The van der Waals surface area contributed by atoms with Crippen LogP contribution < -0.4 is 9.47 Å². The van der Waals surface area contributed by atoms with Crippen LogP contribution in [0.15, 0.2) is 21.5 Å². The van der Waals surface area contributed by atoms with Crippen molar-refractivity contribution in [3.63, 3.8) is 0 Å². The predicted molar refractivity (Wildman–Crippen MR) is 106 cm³/mol. The summed E-state index contributed by atoms with van der Waals surface area (Å²) in [6.45, 7) is 5.29. The third kappa shape index (κ3) is 5.26. The van der Waals surface area contributed by atoms with E-state index in [2.05, 4.69) is 15.9 Å². The number of amides is 2. The van der Waals surface area contributed by atoms with Crippen LogP contribution in [0.5, 0.6) is 11.5 Å². The van der Waals surface area contributed by atoms with Gasteiger partial charge in [-0.05, 0) is 56.3 Å². The van der Waals surface area contributed by atoms with Gasteiger partial charge in [0.25, 0.3) is 11.1 Å². The highest BCUT2D eigenvalue weighted by atomic mass is 79.9. The van der Waals surface area contributed by atoms with Crippen molar-refractivity contribution in [2.24, 2.45) is 0 Å². The van der Waals surface area contributed by atoms with Gasteiger partial charge in [0.1, 0.15) is 6.54 Å². The Morgan fingerprint density at radius 2 is 2.00 bits per heavy atom. The number of hydrogen-bond donors (Lipinski definition) is 0. The van der Waals surface area contributed by atoms with Crippen LogP contribution in [0.3, 0.4) is 0 Å². The van der Waals surface area contributed by atoms with E-state index in [-0.39, 0.29) is 11.0 Å². The van der Waals surface area contributed by atoms with Crippen molar-refractivity contribution in [2.45, 2.75) is 26.9 Å². The number of hydrogen-bond acceptors (Lipinski definition) is 7. The Balaban J connectivity index is 2.27. The van der Waals surface area contributed by atoms with E-state index < -0.39 is 23.7 Å². The lowest BCUT2D eigenvalue weighted by Crippen LogP contribution is -2.35. The van der Waals surface area contributed by atoms with Crippen LogP contribution in [0, 0.1) is 0 Å². The van der Waals surface area contributed by atoms with Gasteiger partial charge in [0, 0.05) is 4.47 Å². The molecule has 2 amide bonds. The fourth-order valence-electron chi connectivity index (χ4n) is 2.30. The van der Waals surface area contributed by atoms with Crippen molar-refractivity contribution in [1.29, 1.82) is 0 Å². The molecule has 1 fully saturated rings. The fourth-order valence-corrected chi connectivity index (χ4v) is 3.56. The summed E-state index contributed by atoms with van der Waals surface area (Å²) in [4.78, 5) is 37.5. The smallest absolute Gasteiger partial charge is 0.326 e. The number of esters is 1. The van der Waals surface area contributed by atoms with Gasteiger partial charge in [-0.15, -0.1) is 0 Å². The van der Waals surface area contributed by atoms with E-state index in [9.17, 15) is 14.4 Å². The fraction of sp³-hybridized carbons (Fsp3) is 0.389. The summed E-state index contributed by atoms with van der Waals surface area (Å²) in [6, 6.07) is 3.44. The molecule has 1 aromatic carbocycles. The Labute approximate surface area is 170 Å². The van der Waals surface area contributed by atoms with E-state index >= 15 is 0 Å². The Morgan fingerprint density at radius 3 is 2.59 bits per heavy atom. The minimum absolute atomic E-state index is 0.214. The van der Waals surface area contributed by atoms with E-state index in [1.165, 1.54) is 7.11 Å². The first-order valence-corrected chi connectivity index (χ1v) is 9.82. The quantitative estimate of drug-likeness (QED) is 0.454. The van der Waals surface area contributed by atoms with Crippen molar-refractivity contribution in [3.05, 3.63) is 27.1 Å². The van der Waals surface area contributed by atoms with Gasteiger partial charge in [-0.3, -0.25) is 19.3 Å². The van der Waals surface area contributed by atoms with Gasteiger partial charge >= 0.3 is 5.97 Å². The minimum Gasteiger partial charge on any atom is -0.493 e. The molecule has 1 heterocycles. The largest absolute Gasteiger partial charge is 0.493 e. The van der Waals surface area contributed by atoms with Gasteiger partial charge in [-0.2, -0.15) is 0 Å². The number of nitrogens with zero attached hydrogens (tertiary/aromatic N) is 1. The molecular formula is C18H20BrNO6S. The number of halogens is 1. The number of carbonyl (C=O) groups is 3. The van der Waals surface area contributed by atoms with Gasteiger partial charge < -0.3 is 14.2 Å². The zero-order valence-electron chi connectivity index (χ0n) is 15.4. The van der Waals surface area contributed by atoms with Crippen molar-refractivity contribution >= 4 is 50.9 Å². The molecule has 0 atom stereocenters. The number of methoxy groups -OCH3 is 1. The lowest BCUT2D eigenvalue weighted by Gasteiger charge is -2.13. The van der Waals surface area contributed by atoms with Crippen molar-refractivity contribution in [2.75, 3.05) is 20.3 Å². The second-order valence-corrected chi connectivity index (χ2v) is 7.61. The predicted octanol–water partition coefficient (Wildman–Crippen LogP) is 3.84. The molecular weight excluding hydrogens is 438 g/mol. The highest BCUT2D eigenvalue weighted by Crippen LogP contribution is 2.38. The molecule has 146 valence electrons. The lowest BCUT2D eigenvalue weighted by atomic mass is 10.2. The maximum atomic E-state index is 12.5. The molecule has 1 aliphatic heterocycles. The maximum Gasteiger partial charge on any atom is 0.326 e. The summed E-state index contributed by atoms with van der Waals surface area (Å²) in [7, 11) is 1.53. The Hall–Kier alpha value is -2.00. The second kappa shape index (κ2) is 9.27. The molecule has 27 heavy (non-hydrogen) atoms. The van der Waals surface area contributed by atoms with E-state index in [0.717, 1.165) is 16.7 Å². The molecule has 0 bridgehead atoms. The summed E-state index contributed by atoms with van der Waals surface area (Å²) in [6.07, 6.45) is 1.25. The van der Waals surface area contributed by atoms with Gasteiger partial charge in [-0.25, -0.2) is 0 Å². The first-order valence-electron chi connectivity index (χ1n) is 8.22. The molecule has 0 aliphatic carbocycles. The Kier molecular flexibility index (Phi) is 7.32. The molecule has 0 saturated carbocycles. The van der Waals surface area contributed by atoms with Crippen LogP contribution in [0.4, 0.5) is 4.79 Å². The van der Waals surface area contributed by atoms with Crippen LogP contribution in [0.2, 0.25) is 0 Å². The van der Waals surface area contributed by atoms with Crippen LogP contribution in [-0.2, 0) is 14.3 Å². The number of rotatable bonds is 7. The third-order valence-corrected chi connectivity index (χ3v) is 4.99. The van der Waals surface area contributed by atoms with Gasteiger partial charge in [0.15, 0.2) is 11.5 Å². The van der Waals surface area contributed by atoms with E-state index in [4.69, 9.17) is 14.2 Å². The average Bonchev–Trinajstić information content (AvgIpc) is 2.84. The topological polar surface area (TPSA) is 82.1 Å². The van der Waals surface area contributed by atoms with Crippen LogP contribution in [0.1, 0.15) is 26.3 Å². The van der Waals surface area contributed by atoms with Gasteiger partial charge in [-0.1, -0.05) is 15.9 Å². The second-order valence-electron chi connectivity index (χ2n) is 5.76. The standard InChI is InChI=1S/C18H20BrNO6S/c1-5-25-14-6-11(12(19)8-13(14)24-4)7-15-17(22)20(18(23)27-15)9-16(21)26-10(2)3/h6-8,10H,5,9H2,1-4H3/b15-7+. The van der Waals surface area contributed by atoms with Gasteiger partial charge in [0.05, 0.1) is 24.7 Å². The molecule has 0 N–H and O–H groups in total. The summed E-state index contributed by atoms with van der Waals surface area (Å²) >= 11 is 4.20. The van der Waals surface area contributed by atoms with Crippen molar-refractivity contribution in [3.8, 4) is 11.5 Å². The molecule has 2 rings (SSSR count). The number of carbonyl (C=O) groups excluding carboxylic acids is 3. The first kappa shape index (κ1) is 21.3. The molecule has 7 nitrogen and oxygen atoms in total. The summed E-state index contributed by atoms with van der Waals surface area (Å²) in [5.41, 5.74) is 0.648. The van der Waals surface area contributed by atoms with Crippen LogP contribution in [-0.4, -0.2) is 48.4 Å². The summed E-state index contributed by atoms with van der Waals surface area (Å²) in [5.74, 6) is -0.0937. The molecule has 0 radical (unpaired) electrons. The van der Waals surface area contributed by atoms with E-state index in [1.807, 2.05) is 6.92 Å². The SMILES string of the molecule is CCOc1cc(/C=C2/SC(=O)N(CC(=O)OC(C)C)C2=O)c(Br)cc1OC. The third-order valence-electron chi connectivity index (χ3n) is 3.40. The summed E-state index contributed by atoms with van der Waals surface area (Å²) < 4.78 is 16.5. The highest BCUT2D eigenvalue weighted by molar-refractivity contribution is 9.10. The Bertz CT molecular complexity index is 792. The molecule has 0 spiro atoms. The lowest BCUT2D eigenvalue weighted by molar-refractivity contribution is -0.149. The minimum atomic E-state index is -0.627.